The van der Waals surface area contributed by atoms with Crippen LogP contribution in [0.25, 0.3) is 0 Å². The minimum atomic E-state index is -0.421. The number of hydrogen-bond donors (Lipinski definition) is 1. The van der Waals surface area contributed by atoms with Crippen LogP contribution in [0.4, 0.5) is 4.79 Å². The Hall–Kier alpha value is -1.84. The van der Waals surface area contributed by atoms with Gasteiger partial charge in [-0.05, 0) is 19.4 Å². The van der Waals surface area contributed by atoms with Crippen LogP contribution in [0.3, 0.4) is 0 Å². The first kappa shape index (κ1) is 10.7. The summed E-state index contributed by atoms with van der Waals surface area (Å²) in [6.45, 7) is 4.40. The molecule has 1 unspecified atom stereocenters. The molecule has 0 aliphatic carbocycles. The van der Waals surface area contributed by atoms with Gasteiger partial charge in [-0.25, -0.2) is 4.79 Å². The molecule has 4 heteroatoms. The van der Waals surface area contributed by atoms with Crippen molar-refractivity contribution in [1.82, 2.24) is 5.32 Å². The van der Waals surface area contributed by atoms with Crippen molar-refractivity contribution in [3.05, 3.63) is 35.4 Å². The summed E-state index contributed by atoms with van der Waals surface area (Å²) in [7, 11) is 0. The molecule has 1 N–H and O–H groups in total. The van der Waals surface area contributed by atoms with Gasteiger partial charge in [0, 0.05) is 0 Å². The van der Waals surface area contributed by atoms with Crippen molar-refractivity contribution >= 4 is 11.9 Å². The lowest BCUT2D eigenvalue weighted by Gasteiger charge is -2.01. The number of carbonyl (C=O) groups excluding carboxylic acids is 1. The van der Waals surface area contributed by atoms with Crippen LogP contribution in [0.15, 0.2) is 29.3 Å². The normalized spacial score (nSPS) is 22.0. The molecule has 1 aromatic carbocycles. The second kappa shape index (κ2) is 4.35. The van der Waals surface area contributed by atoms with Crippen LogP contribution < -0.4 is 5.32 Å². The first-order chi connectivity index (χ1) is 7.65. The largest absolute Gasteiger partial charge is 0.438 e. The van der Waals surface area contributed by atoms with E-state index in [1.807, 2.05) is 31.2 Å². The van der Waals surface area contributed by atoms with Crippen LogP contribution in [0.1, 0.15) is 18.1 Å². The van der Waals surface area contributed by atoms with Crippen molar-refractivity contribution in [2.24, 2.45) is 4.99 Å². The SMILES string of the molecule is Cc1ccc(CN=C2NC(=O)OC2C)cc1. The highest BCUT2D eigenvalue weighted by Crippen LogP contribution is 2.07. The number of aryl methyl sites for hydroxylation is 1. The van der Waals surface area contributed by atoms with Crippen LogP contribution in [-0.2, 0) is 11.3 Å². The van der Waals surface area contributed by atoms with E-state index in [-0.39, 0.29) is 6.10 Å². The first-order valence-electron chi connectivity index (χ1n) is 5.22. The van der Waals surface area contributed by atoms with Crippen LogP contribution in [0.2, 0.25) is 0 Å². The quantitative estimate of drug-likeness (QED) is 0.825. The Balaban J connectivity index is 2.03. The van der Waals surface area contributed by atoms with E-state index in [4.69, 9.17) is 4.74 Å². The van der Waals surface area contributed by atoms with E-state index >= 15 is 0 Å². The molecule has 1 atom stereocenters. The van der Waals surface area contributed by atoms with E-state index in [0.29, 0.717) is 12.4 Å². The van der Waals surface area contributed by atoms with Gasteiger partial charge in [0.1, 0.15) is 5.84 Å². The molecular weight excluding hydrogens is 204 g/mol. The fraction of sp³-hybridized carbons (Fsp3) is 0.333. The Morgan fingerprint density at radius 2 is 2.06 bits per heavy atom. The van der Waals surface area contributed by atoms with Crippen molar-refractivity contribution in [2.45, 2.75) is 26.5 Å². The molecular formula is C12H14N2O2. The van der Waals surface area contributed by atoms with Gasteiger partial charge in [-0.2, -0.15) is 0 Å². The van der Waals surface area contributed by atoms with Gasteiger partial charge in [0.05, 0.1) is 6.54 Å². The van der Waals surface area contributed by atoms with Crippen molar-refractivity contribution in [2.75, 3.05) is 0 Å². The van der Waals surface area contributed by atoms with Gasteiger partial charge in [-0.1, -0.05) is 29.8 Å². The molecule has 0 bridgehead atoms. The van der Waals surface area contributed by atoms with Gasteiger partial charge in [0.2, 0.25) is 0 Å². The molecule has 0 saturated carbocycles. The molecule has 1 fully saturated rings. The number of amides is 1. The van der Waals surface area contributed by atoms with Gasteiger partial charge < -0.3 is 4.74 Å². The number of hydrogen-bond acceptors (Lipinski definition) is 3. The average molecular weight is 218 g/mol. The molecule has 1 amide bonds. The number of aliphatic imine (C=N–C) groups is 1. The first-order valence-corrected chi connectivity index (χ1v) is 5.22. The maximum absolute atomic E-state index is 10.9. The van der Waals surface area contributed by atoms with Crippen LogP contribution in [0, 0.1) is 6.92 Å². The molecule has 1 aliphatic heterocycles. The van der Waals surface area contributed by atoms with Gasteiger partial charge >= 0.3 is 6.09 Å². The number of nitrogens with one attached hydrogen (secondary N) is 1. The maximum atomic E-state index is 10.9. The van der Waals surface area contributed by atoms with E-state index in [1.54, 1.807) is 6.92 Å². The smallest absolute Gasteiger partial charge is 0.413 e. The molecule has 84 valence electrons. The molecule has 1 aromatic rings. The average Bonchev–Trinajstić information content (AvgIpc) is 2.57. The molecule has 0 spiro atoms. The van der Waals surface area contributed by atoms with Gasteiger partial charge in [0.15, 0.2) is 6.10 Å². The topological polar surface area (TPSA) is 50.7 Å². The Morgan fingerprint density at radius 1 is 1.38 bits per heavy atom. The van der Waals surface area contributed by atoms with Crippen molar-refractivity contribution in [1.29, 1.82) is 0 Å². The Morgan fingerprint density at radius 3 is 2.62 bits per heavy atom. The third-order valence-corrected chi connectivity index (χ3v) is 2.45. The minimum absolute atomic E-state index is 0.266. The van der Waals surface area contributed by atoms with E-state index < -0.39 is 6.09 Å². The summed E-state index contributed by atoms with van der Waals surface area (Å²) in [5.41, 5.74) is 2.34. The number of alkyl carbamates (subject to hydrolysis) is 1. The van der Waals surface area contributed by atoms with Crippen LogP contribution in [0.5, 0.6) is 0 Å². The fourth-order valence-electron chi connectivity index (χ4n) is 1.49. The molecule has 2 rings (SSSR count). The number of ether oxygens (including phenoxy) is 1. The van der Waals surface area contributed by atoms with Gasteiger partial charge in [-0.15, -0.1) is 0 Å². The highest BCUT2D eigenvalue weighted by Gasteiger charge is 2.25. The zero-order valence-electron chi connectivity index (χ0n) is 9.36. The third kappa shape index (κ3) is 2.39. The highest BCUT2D eigenvalue weighted by molar-refractivity contribution is 6.02. The van der Waals surface area contributed by atoms with E-state index in [0.717, 1.165) is 5.56 Å². The predicted molar refractivity (Wildman–Crippen MR) is 61.4 cm³/mol. The maximum Gasteiger partial charge on any atom is 0.413 e. The number of carbonyl (C=O) groups is 1. The predicted octanol–water partition coefficient (Wildman–Crippen LogP) is 2.02. The minimum Gasteiger partial charge on any atom is -0.438 e. The Labute approximate surface area is 94.3 Å². The highest BCUT2D eigenvalue weighted by atomic mass is 16.6. The standard InChI is InChI=1S/C12H14N2O2/c1-8-3-5-10(6-4-8)7-13-11-9(2)16-12(15)14-11/h3-6,9H,7H2,1-2H3,(H,13,14,15). The zero-order chi connectivity index (χ0) is 11.5. The number of rotatable bonds is 2. The van der Waals surface area contributed by atoms with Crippen molar-refractivity contribution in [3.63, 3.8) is 0 Å². The Kier molecular flexibility index (Phi) is 2.90. The fourth-order valence-corrected chi connectivity index (χ4v) is 1.49. The summed E-state index contributed by atoms with van der Waals surface area (Å²) in [5, 5.41) is 2.57. The number of benzene rings is 1. The molecule has 16 heavy (non-hydrogen) atoms. The molecule has 4 nitrogen and oxygen atoms in total. The van der Waals surface area contributed by atoms with E-state index in [1.165, 1.54) is 5.56 Å². The second-order valence-corrected chi connectivity index (χ2v) is 3.86. The van der Waals surface area contributed by atoms with E-state index in [9.17, 15) is 4.79 Å². The Bertz CT molecular complexity index is 423. The van der Waals surface area contributed by atoms with Crippen molar-refractivity contribution < 1.29 is 9.53 Å². The molecule has 1 heterocycles. The summed E-state index contributed by atoms with van der Waals surface area (Å²) >= 11 is 0. The molecule has 1 aliphatic rings. The van der Waals surface area contributed by atoms with Crippen LogP contribution in [-0.4, -0.2) is 18.0 Å². The lowest BCUT2D eigenvalue weighted by molar-refractivity contribution is 0.155. The molecule has 0 radical (unpaired) electrons. The third-order valence-electron chi connectivity index (χ3n) is 2.45. The summed E-state index contributed by atoms with van der Waals surface area (Å²) in [5.74, 6) is 0.602. The number of amidine groups is 1. The lowest BCUT2D eigenvalue weighted by atomic mass is 10.1. The lowest BCUT2D eigenvalue weighted by Crippen LogP contribution is -2.23. The van der Waals surface area contributed by atoms with Crippen molar-refractivity contribution in [3.8, 4) is 0 Å². The summed E-state index contributed by atoms with van der Waals surface area (Å²) in [6, 6.07) is 8.15. The second-order valence-electron chi connectivity index (χ2n) is 3.86. The molecule has 1 saturated heterocycles. The summed E-state index contributed by atoms with van der Waals surface area (Å²) in [6.07, 6.45) is -0.687. The monoisotopic (exact) mass is 218 g/mol. The summed E-state index contributed by atoms with van der Waals surface area (Å²) in [4.78, 5) is 15.2. The molecule has 0 aromatic heterocycles. The number of nitrogens with zero attached hydrogens (tertiary/aromatic N) is 1. The zero-order valence-corrected chi connectivity index (χ0v) is 9.36. The van der Waals surface area contributed by atoms with Gasteiger partial charge in [-0.3, -0.25) is 10.3 Å². The number of cyclic esters (lactones) is 1. The van der Waals surface area contributed by atoms with Gasteiger partial charge in [0.25, 0.3) is 0 Å². The summed E-state index contributed by atoms with van der Waals surface area (Å²) < 4.78 is 4.90. The van der Waals surface area contributed by atoms with E-state index in [2.05, 4.69) is 10.3 Å². The van der Waals surface area contributed by atoms with Crippen LogP contribution >= 0.6 is 0 Å².